The third-order valence-electron chi connectivity index (χ3n) is 3.91. The summed E-state index contributed by atoms with van der Waals surface area (Å²) in [5.41, 5.74) is 6.17. The summed E-state index contributed by atoms with van der Waals surface area (Å²) in [5, 5.41) is 10.2. The first-order valence-corrected chi connectivity index (χ1v) is 9.51. The van der Waals surface area contributed by atoms with Crippen LogP contribution < -0.4 is 5.73 Å². The van der Waals surface area contributed by atoms with Crippen molar-refractivity contribution in [3.8, 4) is 5.75 Å². The lowest BCUT2D eigenvalue weighted by Crippen LogP contribution is -2.14. The van der Waals surface area contributed by atoms with Crippen molar-refractivity contribution >= 4 is 67.9 Å². The monoisotopic (exact) mass is 445 g/mol. The number of phenolic OH excluding ortho intramolecular Hbond substituents is 1. The predicted molar refractivity (Wildman–Crippen MR) is 106 cm³/mol. The summed E-state index contributed by atoms with van der Waals surface area (Å²) < 4.78 is 13.7. The first-order chi connectivity index (χ1) is 12.7. The molecule has 1 amide bonds. The maximum Gasteiger partial charge on any atom is 0.250 e. The van der Waals surface area contributed by atoms with Crippen LogP contribution in [0.4, 0.5) is 4.39 Å². The van der Waals surface area contributed by atoms with E-state index in [9.17, 15) is 19.1 Å². The number of amides is 1. The second-order valence-corrected chi connectivity index (χ2v) is 8.10. The molecule has 0 unspecified atom stereocenters. The number of Topliss-reactive ketones (excluding diaryl/α,β-unsaturated/α-hetero) is 1. The molecule has 0 aliphatic rings. The summed E-state index contributed by atoms with van der Waals surface area (Å²) >= 11 is 18.9. The van der Waals surface area contributed by atoms with Gasteiger partial charge in [0, 0.05) is 23.1 Å². The van der Waals surface area contributed by atoms with Gasteiger partial charge in [-0.15, -0.1) is 11.3 Å². The molecule has 0 atom stereocenters. The number of aromatic hydroxyl groups is 1. The van der Waals surface area contributed by atoms with E-state index in [0.29, 0.717) is 20.5 Å². The van der Waals surface area contributed by atoms with E-state index in [0.717, 1.165) is 11.3 Å². The van der Waals surface area contributed by atoms with Crippen LogP contribution in [0.3, 0.4) is 0 Å². The Hall–Kier alpha value is -1.86. The predicted octanol–water partition coefficient (Wildman–Crippen LogP) is 5.16. The molecule has 3 rings (SSSR count). The number of fused-ring (bicyclic) bond motifs is 1. The lowest BCUT2D eigenvalue weighted by Gasteiger charge is -2.04. The van der Waals surface area contributed by atoms with Gasteiger partial charge in [0.2, 0.25) is 5.91 Å². The Kier molecular flexibility index (Phi) is 5.63. The number of hydrogen-bond acceptors (Lipinski definition) is 4. The van der Waals surface area contributed by atoms with Crippen molar-refractivity contribution in [1.29, 1.82) is 0 Å². The second kappa shape index (κ2) is 7.64. The standard InChI is InChI=1S/C18H11Cl3FNO3S/c19-10-4-7(1-2-12(10)22)3-8(24)5-13-14(18(23)26)9-6-11(20)16(25)15(21)17(9)27-13/h1-2,4,6,25H,3,5H2,(H2,23,26). The van der Waals surface area contributed by atoms with Crippen molar-refractivity contribution < 1.29 is 19.1 Å². The Morgan fingerprint density at radius 1 is 1.11 bits per heavy atom. The van der Waals surface area contributed by atoms with Crippen LogP contribution in [0.25, 0.3) is 10.1 Å². The number of halogens is 4. The van der Waals surface area contributed by atoms with Gasteiger partial charge in [0.25, 0.3) is 0 Å². The average Bonchev–Trinajstić information content (AvgIpc) is 2.94. The highest BCUT2D eigenvalue weighted by atomic mass is 35.5. The molecule has 1 aromatic heterocycles. The van der Waals surface area contributed by atoms with Crippen LogP contribution >= 0.6 is 46.1 Å². The van der Waals surface area contributed by atoms with E-state index in [1.807, 2.05) is 0 Å². The number of phenols is 1. The number of carbonyl (C=O) groups is 2. The Morgan fingerprint density at radius 2 is 1.81 bits per heavy atom. The number of hydrogen-bond donors (Lipinski definition) is 2. The summed E-state index contributed by atoms with van der Waals surface area (Å²) in [6, 6.07) is 5.42. The molecule has 27 heavy (non-hydrogen) atoms. The molecule has 0 fully saturated rings. The number of benzene rings is 2. The number of carbonyl (C=O) groups excluding carboxylic acids is 2. The molecule has 1 heterocycles. The molecule has 0 aliphatic heterocycles. The van der Waals surface area contributed by atoms with Gasteiger partial charge in [0.1, 0.15) is 16.6 Å². The summed E-state index contributed by atoms with van der Waals surface area (Å²) in [7, 11) is 0. The Balaban J connectivity index is 1.97. The van der Waals surface area contributed by atoms with Gasteiger partial charge in [-0.3, -0.25) is 9.59 Å². The maximum atomic E-state index is 13.2. The highest BCUT2D eigenvalue weighted by Gasteiger charge is 2.23. The van der Waals surface area contributed by atoms with Gasteiger partial charge >= 0.3 is 0 Å². The largest absolute Gasteiger partial charge is 0.505 e. The molecule has 3 N–H and O–H groups in total. The zero-order chi connectivity index (χ0) is 19.9. The molecule has 3 aromatic rings. The summed E-state index contributed by atoms with van der Waals surface area (Å²) in [6.45, 7) is 0. The number of ketones is 1. The Morgan fingerprint density at radius 3 is 2.44 bits per heavy atom. The zero-order valence-corrected chi connectivity index (χ0v) is 16.6. The van der Waals surface area contributed by atoms with Gasteiger partial charge < -0.3 is 10.8 Å². The fraction of sp³-hybridized carbons (Fsp3) is 0.111. The van der Waals surface area contributed by atoms with Gasteiger partial charge in [-0.2, -0.15) is 0 Å². The number of rotatable bonds is 5. The van der Waals surface area contributed by atoms with Crippen molar-refractivity contribution in [3.63, 3.8) is 0 Å². The zero-order valence-electron chi connectivity index (χ0n) is 13.5. The number of nitrogens with two attached hydrogens (primary N) is 1. The molecular weight excluding hydrogens is 436 g/mol. The topological polar surface area (TPSA) is 80.4 Å². The van der Waals surface area contributed by atoms with Gasteiger partial charge in [-0.05, 0) is 23.8 Å². The number of primary amides is 1. The van der Waals surface area contributed by atoms with E-state index >= 15 is 0 Å². The lowest BCUT2D eigenvalue weighted by atomic mass is 10.0. The van der Waals surface area contributed by atoms with E-state index in [4.69, 9.17) is 40.5 Å². The van der Waals surface area contributed by atoms with Crippen molar-refractivity contribution in [2.75, 3.05) is 0 Å². The highest BCUT2D eigenvalue weighted by molar-refractivity contribution is 7.20. The molecule has 0 radical (unpaired) electrons. The van der Waals surface area contributed by atoms with Crippen molar-refractivity contribution in [1.82, 2.24) is 0 Å². The van der Waals surface area contributed by atoms with E-state index in [2.05, 4.69) is 0 Å². The second-order valence-electron chi connectivity index (χ2n) is 5.80. The molecule has 0 bridgehead atoms. The van der Waals surface area contributed by atoms with Crippen LogP contribution in [0, 0.1) is 5.82 Å². The number of thiophene rings is 1. The fourth-order valence-corrected chi connectivity index (χ4v) is 4.74. The van der Waals surface area contributed by atoms with Crippen LogP contribution in [0.15, 0.2) is 24.3 Å². The van der Waals surface area contributed by atoms with Crippen LogP contribution in [0.2, 0.25) is 15.1 Å². The van der Waals surface area contributed by atoms with E-state index in [1.54, 1.807) is 0 Å². The first-order valence-electron chi connectivity index (χ1n) is 7.56. The van der Waals surface area contributed by atoms with E-state index in [1.165, 1.54) is 24.3 Å². The summed E-state index contributed by atoms with van der Waals surface area (Å²) in [5.74, 6) is -1.83. The normalized spacial score (nSPS) is 11.1. The van der Waals surface area contributed by atoms with Crippen LogP contribution in [0.5, 0.6) is 5.75 Å². The molecule has 4 nitrogen and oxygen atoms in total. The molecule has 0 aliphatic carbocycles. The summed E-state index contributed by atoms with van der Waals surface area (Å²) in [6.07, 6.45) is -0.0759. The maximum absolute atomic E-state index is 13.2. The third kappa shape index (κ3) is 3.89. The van der Waals surface area contributed by atoms with Gasteiger partial charge in [0.15, 0.2) is 5.75 Å². The smallest absolute Gasteiger partial charge is 0.250 e. The van der Waals surface area contributed by atoms with E-state index in [-0.39, 0.29) is 45.0 Å². The Bertz CT molecular complexity index is 1100. The lowest BCUT2D eigenvalue weighted by molar-refractivity contribution is -0.117. The van der Waals surface area contributed by atoms with Crippen LogP contribution in [0.1, 0.15) is 20.8 Å². The third-order valence-corrected chi connectivity index (χ3v) is 6.19. The minimum atomic E-state index is -0.730. The van der Waals surface area contributed by atoms with Crippen LogP contribution in [-0.2, 0) is 17.6 Å². The van der Waals surface area contributed by atoms with Crippen molar-refractivity contribution in [2.24, 2.45) is 5.73 Å². The molecule has 0 saturated carbocycles. The van der Waals surface area contributed by atoms with Crippen molar-refractivity contribution in [2.45, 2.75) is 12.8 Å². The van der Waals surface area contributed by atoms with E-state index < -0.39 is 11.7 Å². The molecule has 140 valence electrons. The van der Waals surface area contributed by atoms with Crippen molar-refractivity contribution in [3.05, 3.63) is 61.2 Å². The molecule has 0 spiro atoms. The van der Waals surface area contributed by atoms with Crippen LogP contribution in [-0.4, -0.2) is 16.8 Å². The minimum Gasteiger partial charge on any atom is -0.505 e. The molecular formula is C18H11Cl3FNO3S. The molecule has 2 aromatic carbocycles. The minimum absolute atomic E-state index is 0.00554. The molecule has 9 heteroatoms. The molecule has 0 saturated heterocycles. The van der Waals surface area contributed by atoms with Gasteiger partial charge in [-0.1, -0.05) is 40.9 Å². The first kappa shape index (κ1) is 19.9. The quantitative estimate of drug-likeness (QED) is 0.568. The average molecular weight is 447 g/mol. The highest BCUT2D eigenvalue weighted by Crippen LogP contribution is 2.44. The summed E-state index contributed by atoms with van der Waals surface area (Å²) in [4.78, 5) is 24.8. The van der Waals surface area contributed by atoms with Gasteiger partial charge in [0.05, 0.1) is 20.3 Å². The fourth-order valence-electron chi connectivity index (χ4n) is 2.71. The van der Waals surface area contributed by atoms with Gasteiger partial charge in [-0.25, -0.2) is 4.39 Å². The SMILES string of the molecule is NC(=O)c1c(CC(=O)Cc2ccc(F)c(Cl)c2)sc2c(Cl)c(O)c(Cl)cc12. The Labute approximate surface area is 172 Å².